The molecule has 0 spiro atoms. The number of aromatic nitrogens is 1. The van der Waals surface area contributed by atoms with Gasteiger partial charge in [0.15, 0.2) is 0 Å². The zero-order valence-electron chi connectivity index (χ0n) is 14.2. The van der Waals surface area contributed by atoms with Crippen molar-refractivity contribution in [2.75, 3.05) is 6.61 Å². The van der Waals surface area contributed by atoms with Crippen molar-refractivity contribution in [3.8, 4) is 0 Å². The monoisotopic (exact) mass is 328 g/mol. The van der Waals surface area contributed by atoms with Crippen LogP contribution in [0.3, 0.4) is 0 Å². The number of para-hydroxylation sites is 1. The Morgan fingerprint density at radius 3 is 2.83 bits per heavy atom. The number of H-pyrrole nitrogens is 1. The first-order valence-electron chi connectivity index (χ1n) is 8.66. The second kappa shape index (κ2) is 7.07. The molecule has 2 N–H and O–H groups in total. The molecular formula is C19H24N2O3. The van der Waals surface area contributed by atoms with Crippen LogP contribution in [0.25, 0.3) is 10.9 Å². The number of esters is 1. The minimum atomic E-state index is -0.242. The predicted octanol–water partition coefficient (Wildman–Crippen LogP) is 3.33. The maximum atomic E-state index is 12.6. The topological polar surface area (TPSA) is 71.2 Å². The number of hydrogen-bond acceptors (Lipinski definition) is 3. The Labute approximate surface area is 141 Å². The summed E-state index contributed by atoms with van der Waals surface area (Å²) in [4.78, 5) is 28.0. The Balaban J connectivity index is 1.76. The lowest BCUT2D eigenvalue weighted by Crippen LogP contribution is -2.45. The first kappa shape index (κ1) is 16.6. The number of carbonyl (C=O) groups is 2. The third kappa shape index (κ3) is 3.30. The number of nitrogens with one attached hydrogen (secondary N) is 2. The third-order valence-corrected chi connectivity index (χ3v) is 4.78. The van der Waals surface area contributed by atoms with Crippen LogP contribution in [-0.4, -0.2) is 29.5 Å². The lowest BCUT2D eigenvalue weighted by molar-refractivity contribution is -0.150. The van der Waals surface area contributed by atoms with E-state index in [1.165, 1.54) is 0 Å². The zero-order chi connectivity index (χ0) is 17.1. The highest BCUT2D eigenvalue weighted by Crippen LogP contribution is 2.26. The van der Waals surface area contributed by atoms with Crippen LogP contribution in [0.4, 0.5) is 0 Å². The molecule has 0 radical (unpaired) electrons. The molecule has 1 heterocycles. The van der Waals surface area contributed by atoms with Crippen LogP contribution in [0, 0.1) is 12.8 Å². The highest BCUT2D eigenvalue weighted by Gasteiger charge is 2.33. The molecule has 1 fully saturated rings. The standard InChI is InChI=1S/C19H24N2O3/c1-3-24-19(23)14-9-4-5-10-15(14)21-18(22)16-11-13-8-6-7-12(2)17(13)20-16/h6-8,11,14-15,20H,3-5,9-10H2,1-2H3,(H,21,22)/t14-,15-/m1/s1. The van der Waals surface area contributed by atoms with E-state index >= 15 is 0 Å². The SMILES string of the molecule is CCOC(=O)[C@@H]1CCCC[C@H]1NC(=O)c1cc2cccc(C)c2[nH]1. The molecule has 128 valence electrons. The van der Waals surface area contributed by atoms with E-state index in [0.717, 1.165) is 42.1 Å². The molecule has 0 unspecified atom stereocenters. The van der Waals surface area contributed by atoms with E-state index in [1.54, 1.807) is 6.92 Å². The van der Waals surface area contributed by atoms with Gasteiger partial charge in [-0.05, 0) is 38.3 Å². The van der Waals surface area contributed by atoms with Crippen molar-refractivity contribution in [1.82, 2.24) is 10.3 Å². The number of carbonyl (C=O) groups excluding carboxylic acids is 2. The molecule has 24 heavy (non-hydrogen) atoms. The van der Waals surface area contributed by atoms with Gasteiger partial charge in [-0.2, -0.15) is 0 Å². The first-order valence-corrected chi connectivity index (χ1v) is 8.66. The van der Waals surface area contributed by atoms with E-state index < -0.39 is 0 Å². The normalized spacial score (nSPS) is 20.8. The molecule has 2 atom stereocenters. The largest absolute Gasteiger partial charge is 0.466 e. The summed E-state index contributed by atoms with van der Waals surface area (Å²) >= 11 is 0. The van der Waals surface area contributed by atoms with Gasteiger partial charge in [0.1, 0.15) is 5.69 Å². The molecule has 2 aromatic rings. The summed E-state index contributed by atoms with van der Waals surface area (Å²) in [7, 11) is 0. The minimum Gasteiger partial charge on any atom is -0.466 e. The fourth-order valence-electron chi connectivity index (χ4n) is 3.51. The van der Waals surface area contributed by atoms with Crippen molar-refractivity contribution in [2.45, 2.75) is 45.6 Å². The average Bonchev–Trinajstić information content (AvgIpc) is 3.01. The molecule has 1 saturated carbocycles. The molecule has 0 saturated heterocycles. The van der Waals surface area contributed by atoms with Crippen LogP contribution in [-0.2, 0) is 9.53 Å². The second-order valence-electron chi connectivity index (χ2n) is 6.45. The van der Waals surface area contributed by atoms with Crippen molar-refractivity contribution in [3.63, 3.8) is 0 Å². The average molecular weight is 328 g/mol. The van der Waals surface area contributed by atoms with Gasteiger partial charge in [-0.3, -0.25) is 9.59 Å². The summed E-state index contributed by atoms with van der Waals surface area (Å²) in [6.45, 7) is 4.19. The molecule has 3 rings (SSSR count). The quantitative estimate of drug-likeness (QED) is 0.846. The van der Waals surface area contributed by atoms with E-state index in [9.17, 15) is 9.59 Å². The Hall–Kier alpha value is -2.30. The summed E-state index contributed by atoms with van der Waals surface area (Å²) < 4.78 is 5.16. The van der Waals surface area contributed by atoms with E-state index in [2.05, 4.69) is 10.3 Å². The van der Waals surface area contributed by atoms with Gasteiger partial charge in [-0.25, -0.2) is 0 Å². The highest BCUT2D eigenvalue weighted by molar-refractivity contribution is 5.99. The van der Waals surface area contributed by atoms with Gasteiger partial charge in [0.25, 0.3) is 5.91 Å². The van der Waals surface area contributed by atoms with Gasteiger partial charge in [-0.15, -0.1) is 0 Å². The molecule has 1 aromatic carbocycles. The Kier molecular flexibility index (Phi) is 4.88. The summed E-state index contributed by atoms with van der Waals surface area (Å²) in [6, 6.07) is 7.68. The van der Waals surface area contributed by atoms with Crippen LogP contribution >= 0.6 is 0 Å². The summed E-state index contributed by atoms with van der Waals surface area (Å²) in [5.74, 6) is -0.601. The van der Waals surface area contributed by atoms with Gasteiger partial charge in [0.05, 0.1) is 12.5 Å². The van der Waals surface area contributed by atoms with Crippen molar-refractivity contribution in [2.24, 2.45) is 5.92 Å². The summed E-state index contributed by atoms with van der Waals surface area (Å²) in [5.41, 5.74) is 2.62. The van der Waals surface area contributed by atoms with Crippen LogP contribution in [0.1, 0.15) is 48.7 Å². The number of ether oxygens (including phenoxy) is 1. The molecule has 0 bridgehead atoms. The van der Waals surface area contributed by atoms with Crippen LogP contribution in [0.5, 0.6) is 0 Å². The van der Waals surface area contributed by atoms with Crippen LogP contribution < -0.4 is 5.32 Å². The Morgan fingerprint density at radius 1 is 1.29 bits per heavy atom. The Bertz CT molecular complexity index is 750. The smallest absolute Gasteiger partial charge is 0.311 e. The molecule has 0 aliphatic heterocycles. The third-order valence-electron chi connectivity index (χ3n) is 4.78. The fourth-order valence-corrected chi connectivity index (χ4v) is 3.51. The zero-order valence-corrected chi connectivity index (χ0v) is 14.2. The van der Waals surface area contributed by atoms with E-state index in [0.29, 0.717) is 12.3 Å². The number of benzene rings is 1. The highest BCUT2D eigenvalue weighted by atomic mass is 16.5. The number of rotatable bonds is 4. The summed E-state index contributed by atoms with van der Waals surface area (Å²) in [6.07, 6.45) is 3.61. The number of aromatic amines is 1. The number of aryl methyl sites for hydroxylation is 1. The van der Waals surface area contributed by atoms with Crippen molar-refractivity contribution in [3.05, 3.63) is 35.5 Å². The minimum absolute atomic E-state index is 0.155. The molecule has 5 nitrogen and oxygen atoms in total. The van der Waals surface area contributed by atoms with Gasteiger partial charge in [0, 0.05) is 16.9 Å². The number of hydrogen-bond donors (Lipinski definition) is 2. The lowest BCUT2D eigenvalue weighted by Gasteiger charge is -2.30. The predicted molar refractivity (Wildman–Crippen MR) is 92.9 cm³/mol. The van der Waals surface area contributed by atoms with Crippen molar-refractivity contribution in [1.29, 1.82) is 0 Å². The van der Waals surface area contributed by atoms with Crippen molar-refractivity contribution >= 4 is 22.8 Å². The van der Waals surface area contributed by atoms with E-state index in [-0.39, 0.29) is 23.8 Å². The summed E-state index contributed by atoms with van der Waals surface area (Å²) in [5, 5.41) is 4.05. The molecule has 1 amide bonds. The number of amides is 1. The van der Waals surface area contributed by atoms with Gasteiger partial charge in [0.2, 0.25) is 0 Å². The molecule has 1 aliphatic rings. The fraction of sp³-hybridized carbons (Fsp3) is 0.474. The van der Waals surface area contributed by atoms with Crippen molar-refractivity contribution < 1.29 is 14.3 Å². The van der Waals surface area contributed by atoms with Crippen LogP contribution in [0.2, 0.25) is 0 Å². The first-order chi connectivity index (χ1) is 11.6. The number of fused-ring (bicyclic) bond motifs is 1. The van der Waals surface area contributed by atoms with Gasteiger partial charge < -0.3 is 15.0 Å². The van der Waals surface area contributed by atoms with E-state index in [1.807, 2.05) is 31.2 Å². The maximum Gasteiger partial charge on any atom is 0.311 e. The molecule has 1 aliphatic carbocycles. The molecule has 5 heteroatoms. The van der Waals surface area contributed by atoms with Gasteiger partial charge >= 0.3 is 5.97 Å². The molecular weight excluding hydrogens is 304 g/mol. The lowest BCUT2D eigenvalue weighted by atomic mass is 9.84. The van der Waals surface area contributed by atoms with E-state index in [4.69, 9.17) is 4.74 Å². The van der Waals surface area contributed by atoms with Gasteiger partial charge in [-0.1, -0.05) is 31.0 Å². The molecule has 1 aromatic heterocycles. The van der Waals surface area contributed by atoms with Crippen LogP contribution in [0.15, 0.2) is 24.3 Å². The maximum absolute atomic E-state index is 12.6. The Morgan fingerprint density at radius 2 is 2.08 bits per heavy atom. The second-order valence-corrected chi connectivity index (χ2v) is 6.45.